The Labute approximate surface area is 122 Å². The van der Waals surface area contributed by atoms with Crippen LogP contribution in [-0.4, -0.2) is 23.0 Å². The third-order valence-electron chi connectivity index (χ3n) is 2.70. The molecule has 0 bridgehead atoms. The van der Waals surface area contributed by atoms with Crippen molar-refractivity contribution in [3.05, 3.63) is 35.5 Å². The van der Waals surface area contributed by atoms with Crippen LogP contribution in [0.15, 0.2) is 29.6 Å². The zero-order valence-electron chi connectivity index (χ0n) is 11.2. The van der Waals surface area contributed by atoms with E-state index >= 15 is 0 Å². The quantitative estimate of drug-likeness (QED) is 0.860. The molecule has 8 heteroatoms. The molecule has 0 saturated heterocycles. The summed E-state index contributed by atoms with van der Waals surface area (Å²) in [5.74, 6) is 0.657. The fraction of sp³-hybridized carbons (Fsp3) is 0.333. The predicted molar refractivity (Wildman–Crippen MR) is 77.3 cm³/mol. The van der Waals surface area contributed by atoms with Crippen molar-refractivity contribution in [1.82, 2.24) is 14.5 Å². The molecule has 1 N–H and O–H groups in total. The number of aromatic nitrogens is 3. The molecule has 2 heterocycles. The predicted octanol–water partition coefficient (Wildman–Crippen LogP) is 2.45. The van der Waals surface area contributed by atoms with Crippen LogP contribution in [0, 0.1) is 6.92 Å². The SMILES string of the molecule is CCCn1cc(S(=O)(=O)Nc2cccnc2Cl)nc1C. The van der Waals surface area contributed by atoms with Crippen LogP contribution in [0.4, 0.5) is 5.69 Å². The first-order chi connectivity index (χ1) is 9.44. The van der Waals surface area contributed by atoms with Gasteiger partial charge in [-0.25, -0.2) is 9.97 Å². The highest BCUT2D eigenvalue weighted by molar-refractivity contribution is 7.92. The van der Waals surface area contributed by atoms with E-state index in [1.807, 2.05) is 6.92 Å². The molecule has 0 radical (unpaired) electrons. The fourth-order valence-electron chi connectivity index (χ4n) is 1.74. The third-order valence-corrected chi connectivity index (χ3v) is 4.23. The van der Waals surface area contributed by atoms with Crippen molar-refractivity contribution in [2.24, 2.45) is 0 Å². The van der Waals surface area contributed by atoms with E-state index in [0.29, 0.717) is 5.82 Å². The molecule has 0 saturated carbocycles. The first-order valence-corrected chi connectivity index (χ1v) is 7.97. The van der Waals surface area contributed by atoms with Crippen LogP contribution in [0.25, 0.3) is 0 Å². The van der Waals surface area contributed by atoms with Crippen LogP contribution in [0.1, 0.15) is 19.2 Å². The molecule has 20 heavy (non-hydrogen) atoms. The van der Waals surface area contributed by atoms with Crippen LogP contribution in [0.2, 0.25) is 5.15 Å². The molecule has 2 aromatic rings. The number of pyridine rings is 1. The summed E-state index contributed by atoms with van der Waals surface area (Å²) in [6, 6.07) is 3.15. The van der Waals surface area contributed by atoms with Gasteiger partial charge < -0.3 is 4.57 Å². The Morgan fingerprint density at radius 1 is 1.45 bits per heavy atom. The molecule has 6 nitrogen and oxygen atoms in total. The molecule has 0 fully saturated rings. The zero-order chi connectivity index (χ0) is 14.8. The third kappa shape index (κ3) is 3.10. The van der Waals surface area contributed by atoms with Crippen LogP contribution >= 0.6 is 11.6 Å². The van der Waals surface area contributed by atoms with Crippen molar-refractivity contribution in [2.75, 3.05) is 4.72 Å². The second-order valence-corrected chi connectivity index (χ2v) is 6.25. The van der Waals surface area contributed by atoms with Gasteiger partial charge in [0, 0.05) is 18.9 Å². The van der Waals surface area contributed by atoms with Crippen LogP contribution in [-0.2, 0) is 16.6 Å². The van der Waals surface area contributed by atoms with E-state index in [9.17, 15) is 8.42 Å². The summed E-state index contributed by atoms with van der Waals surface area (Å²) in [6.07, 6.45) is 3.91. The molecule has 108 valence electrons. The molecule has 0 unspecified atom stereocenters. The molecule has 0 amide bonds. The number of halogens is 1. The monoisotopic (exact) mass is 314 g/mol. The number of nitrogens with zero attached hydrogens (tertiary/aromatic N) is 3. The topological polar surface area (TPSA) is 76.9 Å². The average molecular weight is 315 g/mol. The van der Waals surface area contributed by atoms with Crippen molar-refractivity contribution in [2.45, 2.75) is 31.8 Å². The highest BCUT2D eigenvalue weighted by atomic mass is 35.5. The second-order valence-electron chi connectivity index (χ2n) is 4.27. The molecular weight excluding hydrogens is 300 g/mol. The Hall–Kier alpha value is -1.60. The zero-order valence-corrected chi connectivity index (χ0v) is 12.7. The van der Waals surface area contributed by atoms with E-state index in [1.165, 1.54) is 12.4 Å². The molecule has 0 aliphatic rings. The van der Waals surface area contributed by atoms with E-state index in [0.717, 1.165) is 13.0 Å². The number of aryl methyl sites for hydroxylation is 2. The maximum absolute atomic E-state index is 12.3. The fourth-order valence-corrected chi connectivity index (χ4v) is 3.03. The maximum Gasteiger partial charge on any atom is 0.281 e. The van der Waals surface area contributed by atoms with Gasteiger partial charge in [-0.3, -0.25) is 4.72 Å². The standard InChI is InChI=1S/C12H15ClN4O2S/c1-3-7-17-8-11(15-9(17)2)20(18,19)16-10-5-4-6-14-12(10)13/h4-6,8,16H,3,7H2,1-2H3. The van der Waals surface area contributed by atoms with Crippen molar-refractivity contribution in [1.29, 1.82) is 0 Å². The normalized spacial score (nSPS) is 11.6. The lowest BCUT2D eigenvalue weighted by Gasteiger charge is -2.06. The van der Waals surface area contributed by atoms with Gasteiger partial charge in [0.25, 0.3) is 10.0 Å². The molecule has 0 aliphatic heterocycles. The van der Waals surface area contributed by atoms with Crippen LogP contribution < -0.4 is 4.72 Å². The summed E-state index contributed by atoms with van der Waals surface area (Å²) in [5, 5.41) is 0.0733. The van der Waals surface area contributed by atoms with Gasteiger partial charge in [-0.2, -0.15) is 8.42 Å². The lowest BCUT2D eigenvalue weighted by molar-refractivity contribution is 0.597. The molecule has 0 spiro atoms. The lowest BCUT2D eigenvalue weighted by Crippen LogP contribution is -2.14. The Morgan fingerprint density at radius 2 is 2.20 bits per heavy atom. The Bertz CT molecular complexity index is 712. The van der Waals surface area contributed by atoms with E-state index in [1.54, 1.807) is 23.6 Å². The summed E-state index contributed by atoms with van der Waals surface area (Å²) in [5.41, 5.74) is 0.233. The maximum atomic E-state index is 12.3. The van der Waals surface area contributed by atoms with Gasteiger partial charge in [0.15, 0.2) is 10.2 Å². The number of rotatable bonds is 5. The molecule has 2 aromatic heterocycles. The van der Waals surface area contributed by atoms with E-state index in [2.05, 4.69) is 14.7 Å². The van der Waals surface area contributed by atoms with Gasteiger partial charge in [-0.15, -0.1) is 0 Å². The molecule has 0 atom stereocenters. The Balaban J connectivity index is 2.31. The van der Waals surface area contributed by atoms with Gasteiger partial charge in [0.05, 0.1) is 5.69 Å². The number of hydrogen-bond acceptors (Lipinski definition) is 4. The van der Waals surface area contributed by atoms with Crippen molar-refractivity contribution >= 4 is 27.3 Å². The summed E-state index contributed by atoms with van der Waals surface area (Å²) < 4.78 is 28.7. The van der Waals surface area contributed by atoms with Crippen LogP contribution in [0.5, 0.6) is 0 Å². The van der Waals surface area contributed by atoms with Crippen molar-refractivity contribution in [3.63, 3.8) is 0 Å². The van der Waals surface area contributed by atoms with E-state index in [4.69, 9.17) is 11.6 Å². The number of hydrogen-bond donors (Lipinski definition) is 1. The number of nitrogens with one attached hydrogen (secondary N) is 1. The Morgan fingerprint density at radius 3 is 2.85 bits per heavy atom. The second kappa shape index (κ2) is 5.80. The van der Waals surface area contributed by atoms with Gasteiger partial charge in [-0.1, -0.05) is 18.5 Å². The minimum Gasteiger partial charge on any atom is -0.334 e. The summed E-state index contributed by atoms with van der Waals surface area (Å²) in [7, 11) is -3.76. The smallest absolute Gasteiger partial charge is 0.281 e. The van der Waals surface area contributed by atoms with Gasteiger partial charge in [0.2, 0.25) is 0 Å². The van der Waals surface area contributed by atoms with Crippen molar-refractivity contribution in [3.8, 4) is 0 Å². The largest absolute Gasteiger partial charge is 0.334 e. The first-order valence-electron chi connectivity index (χ1n) is 6.11. The number of sulfonamides is 1. The van der Waals surface area contributed by atoms with Gasteiger partial charge >= 0.3 is 0 Å². The highest BCUT2D eigenvalue weighted by Gasteiger charge is 2.20. The van der Waals surface area contributed by atoms with E-state index < -0.39 is 10.0 Å². The minimum absolute atomic E-state index is 0.0247. The summed E-state index contributed by atoms with van der Waals surface area (Å²) in [6.45, 7) is 4.51. The number of anilines is 1. The molecule has 2 rings (SSSR count). The van der Waals surface area contributed by atoms with Crippen LogP contribution in [0.3, 0.4) is 0 Å². The highest BCUT2D eigenvalue weighted by Crippen LogP contribution is 2.21. The van der Waals surface area contributed by atoms with Crippen molar-refractivity contribution < 1.29 is 8.42 Å². The summed E-state index contributed by atoms with van der Waals surface area (Å²) in [4.78, 5) is 7.90. The number of imidazole rings is 1. The molecule has 0 aliphatic carbocycles. The summed E-state index contributed by atoms with van der Waals surface area (Å²) >= 11 is 5.84. The molecular formula is C12H15ClN4O2S. The first kappa shape index (κ1) is 14.8. The lowest BCUT2D eigenvalue weighted by atomic mass is 10.4. The Kier molecular flexibility index (Phi) is 4.29. The van der Waals surface area contributed by atoms with E-state index in [-0.39, 0.29) is 15.9 Å². The molecule has 0 aromatic carbocycles. The van der Waals surface area contributed by atoms with Gasteiger partial charge in [0.1, 0.15) is 5.82 Å². The van der Waals surface area contributed by atoms with Gasteiger partial charge in [-0.05, 0) is 25.5 Å². The average Bonchev–Trinajstić information content (AvgIpc) is 2.75. The minimum atomic E-state index is -3.76.